The zero-order valence-electron chi connectivity index (χ0n) is 13.7. The van der Waals surface area contributed by atoms with Gasteiger partial charge in [0.15, 0.2) is 11.5 Å². The molecule has 0 unspecified atom stereocenters. The molecule has 6 heteroatoms. The minimum atomic E-state index is -3.66. The van der Waals surface area contributed by atoms with Crippen molar-refractivity contribution in [3.05, 3.63) is 47.5 Å². The Bertz CT molecular complexity index is 800. The van der Waals surface area contributed by atoms with Crippen molar-refractivity contribution in [2.24, 2.45) is 0 Å². The Morgan fingerprint density at radius 1 is 1.04 bits per heavy atom. The van der Waals surface area contributed by atoms with Gasteiger partial charge in [-0.3, -0.25) is 4.72 Å². The summed E-state index contributed by atoms with van der Waals surface area (Å²) in [6, 6.07) is 10.2. The summed E-state index contributed by atoms with van der Waals surface area (Å²) < 4.78 is 38.4. The van der Waals surface area contributed by atoms with E-state index in [-0.39, 0.29) is 4.90 Å². The summed E-state index contributed by atoms with van der Waals surface area (Å²) in [5.74, 6) is 1.05. The molecule has 2 rings (SSSR count). The highest BCUT2D eigenvalue weighted by molar-refractivity contribution is 7.92. The number of hydrogen-bond donors (Lipinski definition) is 1. The van der Waals surface area contributed by atoms with E-state index in [1.54, 1.807) is 37.3 Å². The molecule has 5 nitrogen and oxygen atoms in total. The molecule has 0 spiro atoms. The van der Waals surface area contributed by atoms with Gasteiger partial charge in [0.05, 0.1) is 24.3 Å². The largest absolute Gasteiger partial charge is 0.493 e. The summed E-state index contributed by atoms with van der Waals surface area (Å²) >= 11 is 0. The van der Waals surface area contributed by atoms with E-state index in [0.29, 0.717) is 29.4 Å². The van der Waals surface area contributed by atoms with Gasteiger partial charge in [0.25, 0.3) is 10.0 Å². The first kappa shape index (κ1) is 17.1. The predicted octanol–water partition coefficient (Wildman–Crippen LogP) is 3.51. The Labute approximate surface area is 137 Å². The SMILES string of the molecule is CCOc1ccc(NS(=O)(=O)c2ccc(C)cc2C)cc1OC. The first-order chi connectivity index (χ1) is 10.9. The Hall–Kier alpha value is -2.21. The molecule has 0 aliphatic rings. The van der Waals surface area contributed by atoms with Gasteiger partial charge < -0.3 is 9.47 Å². The van der Waals surface area contributed by atoms with Crippen LogP contribution in [0.4, 0.5) is 5.69 Å². The molecule has 0 amide bonds. The lowest BCUT2D eigenvalue weighted by molar-refractivity contribution is 0.311. The van der Waals surface area contributed by atoms with Crippen molar-refractivity contribution in [1.29, 1.82) is 0 Å². The van der Waals surface area contributed by atoms with Gasteiger partial charge >= 0.3 is 0 Å². The zero-order chi connectivity index (χ0) is 17.0. The van der Waals surface area contributed by atoms with Crippen molar-refractivity contribution < 1.29 is 17.9 Å². The van der Waals surface area contributed by atoms with Gasteiger partial charge in [-0.1, -0.05) is 17.7 Å². The Morgan fingerprint density at radius 3 is 2.39 bits per heavy atom. The first-order valence-electron chi connectivity index (χ1n) is 7.28. The number of nitrogens with one attached hydrogen (secondary N) is 1. The minimum Gasteiger partial charge on any atom is -0.493 e. The minimum absolute atomic E-state index is 0.260. The molecular weight excluding hydrogens is 314 g/mol. The average molecular weight is 335 g/mol. The molecule has 0 saturated carbocycles. The van der Waals surface area contributed by atoms with Crippen LogP contribution in [0.1, 0.15) is 18.1 Å². The number of anilines is 1. The lowest BCUT2D eigenvalue weighted by Gasteiger charge is -2.14. The van der Waals surface area contributed by atoms with Gasteiger partial charge in [-0.15, -0.1) is 0 Å². The fraction of sp³-hybridized carbons (Fsp3) is 0.294. The summed E-state index contributed by atoms with van der Waals surface area (Å²) in [5.41, 5.74) is 2.14. The van der Waals surface area contributed by atoms with Crippen molar-refractivity contribution in [2.75, 3.05) is 18.4 Å². The van der Waals surface area contributed by atoms with Crippen molar-refractivity contribution >= 4 is 15.7 Å². The van der Waals surface area contributed by atoms with Crippen molar-refractivity contribution in [3.8, 4) is 11.5 Å². The Morgan fingerprint density at radius 2 is 1.78 bits per heavy atom. The second-order valence-electron chi connectivity index (χ2n) is 5.17. The van der Waals surface area contributed by atoms with Crippen molar-refractivity contribution in [2.45, 2.75) is 25.7 Å². The molecule has 0 fully saturated rings. The van der Waals surface area contributed by atoms with E-state index in [4.69, 9.17) is 9.47 Å². The fourth-order valence-corrected chi connectivity index (χ4v) is 3.59. The second kappa shape index (κ2) is 6.91. The predicted molar refractivity (Wildman–Crippen MR) is 90.9 cm³/mol. The van der Waals surface area contributed by atoms with Gasteiger partial charge in [-0.2, -0.15) is 0 Å². The molecule has 124 valence electrons. The van der Waals surface area contributed by atoms with Crippen LogP contribution in [0.25, 0.3) is 0 Å². The summed E-state index contributed by atoms with van der Waals surface area (Å²) in [5, 5.41) is 0. The van der Waals surface area contributed by atoms with E-state index in [9.17, 15) is 8.42 Å². The van der Waals surface area contributed by atoms with Crippen LogP contribution in [0, 0.1) is 13.8 Å². The summed E-state index contributed by atoms with van der Waals surface area (Å²) in [4.78, 5) is 0.260. The lowest BCUT2D eigenvalue weighted by atomic mass is 10.2. The lowest BCUT2D eigenvalue weighted by Crippen LogP contribution is -2.14. The van der Waals surface area contributed by atoms with Gasteiger partial charge in [-0.25, -0.2) is 8.42 Å². The number of benzene rings is 2. The molecule has 0 aliphatic heterocycles. The molecule has 0 saturated heterocycles. The molecule has 2 aromatic rings. The molecule has 0 aromatic heterocycles. The maximum Gasteiger partial charge on any atom is 0.262 e. The van der Waals surface area contributed by atoms with Crippen LogP contribution < -0.4 is 14.2 Å². The summed E-state index contributed by atoms with van der Waals surface area (Å²) in [7, 11) is -2.14. The molecule has 2 aromatic carbocycles. The van der Waals surface area contributed by atoms with Crippen LogP contribution in [-0.4, -0.2) is 22.1 Å². The number of sulfonamides is 1. The number of methoxy groups -OCH3 is 1. The van der Waals surface area contributed by atoms with Gasteiger partial charge in [0, 0.05) is 6.07 Å². The highest BCUT2D eigenvalue weighted by Crippen LogP contribution is 2.31. The Kier molecular flexibility index (Phi) is 5.15. The highest BCUT2D eigenvalue weighted by Gasteiger charge is 2.17. The fourth-order valence-electron chi connectivity index (χ4n) is 2.32. The van der Waals surface area contributed by atoms with Crippen LogP contribution in [0.15, 0.2) is 41.3 Å². The third kappa shape index (κ3) is 3.96. The zero-order valence-corrected chi connectivity index (χ0v) is 14.5. The van der Waals surface area contributed by atoms with Crippen molar-refractivity contribution in [1.82, 2.24) is 0 Å². The summed E-state index contributed by atoms with van der Waals surface area (Å²) in [6.45, 7) is 6.08. The molecule has 0 aliphatic carbocycles. The quantitative estimate of drug-likeness (QED) is 0.877. The van der Waals surface area contributed by atoms with Crippen LogP contribution in [0.2, 0.25) is 0 Å². The number of aryl methyl sites for hydroxylation is 2. The normalized spacial score (nSPS) is 11.1. The highest BCUT2D eigenvalue weighted by atomic mass is 32.2. The molecule has 0 bridgehead atoms. The van der Waals surface area contributed by atoms with Crippen LogP contribution in [0.3, 0.4) is 0 Å². The van der Waals surface area contributed by atoms with E-state index in [1.165, 1.54) is 7.11 Å². The number of hydrogen-bond acceptors (Lipinski definition) is 4. The van der Waals surface area contributed by atoms with E-state index in [2.05, 4.69) is 4.72 Å². The van der Waals surface area contributed by atoms with E-state index < -0.39 is 10.0 Å². The van der Waals surface area contributed by atoms with Crippen LogP contribution >= 0.6 is 0 Å². The first-order valence-corrected chi connectivity index (χ1v) is 8.76. The smallest absolute Gasteiger partial charge is 0.262 e. The number of rotatable bonds is 6. The number of ether oxygens (including phenoxy) is 2. The third-order valence-electron chi connectivity index (χ3n) is 3.34. The standard InChI is InChI=1S/C17H21NO4S/c1-5-22-15-8-7-14(11-16(15)21-4)18-23(19,20)17-9-6-12(2)10-13(17)3/h6-11,18H,5H2,1-4H3. The molecule has 23 heavy (non-hydrogen) atoms. The van der Waals surface area contributed by atoms with Gasteiger partial charge in [0.1, 0.15) is 0 Å². The van der Waals surface area contributed by atoms with E-state index in [1.807, 2.05) is 19.9 Å². The van der Waals surface area contributed by atoms with Crippen LogP contribution in [-0.2, 0) is 10.0 Å². The summed E-state index contributed by atoms with van der Waals surface area (Å²) in [6.07, 6.45) is 0. The van der Waals surface area contributed by atoms with Gasteiger partial charge in [-0.05, 0) is 44.5 Å². The molecular formula is C17H21NO4S. The monoisotopic (exact) mass is 335 g/mol. The third-order valence-corrected chi connectivity index (χ3v) is 4.88. The average Bonchev–Trinajstić information content (AvgIpc) is 2.48. The molecule has 0 atom stereocenters. The second-order valence-corrected chi connectivity index (χ2v) is 6.82. The van der Waals surface area contributed by atoms with Crippen LogP contribution in [0.5, 0.6) is 11.5 Å². The van der Waals surface area contributed by atoms with E-state index >= 15 is 0 Å². The molecule has 1 N–H and O–H groups in total. The maximum atomic E-state index is 12.6. The van der Waals surface area contributed by atoms with E-state index in [0.717, 1.165) is 5.56 Å². The Balaban J connectivity index is 2.33. The molecule has 0 radical (unpaired) electrons. The van der Waals surface area contributed by atoms with Gasteiger partial charge in [0.2, 0.25) is 0 Å². The molecule has 0 heterocycles. The topological polar surface area (TPSA) is 64.6 Å². The van der Waals surface area contributed by atoms with Crippen molar-refractivity contribution in [3.63, 3.8) is 0 Å². The maximum absolute atomic E-state index is 12.6.